The highest BCUT2D eigenvalue weighted by atomic mass is 19.1. The summed E-state index contributed by atoms with van der Waals surface area (Å²) < 4.78 is 41.8. The lowest BCUT2D eigenvalue weighted by molar-refractivity contribution is 0.0695. The van der Waals surface area contributed by atoms with Gasteiger partial charge in [0, 0.05) is 26.3 Å². The summed E-state index contributed by atoms with van der Waals surface area (Å²) in [6.45, 7) is 5.50. The number of aromatic carboxylic acids is 1. The number of carbonyl (C=O) groups is 1. The van der Waals surface area contributed by atoms with Gasteiger partial charge in [0.1, 0.15) is 17.1 Å². The van der Waals surface area contributed by atoms with Gasteiger partial charge in [0.25, 0.3) is 6.01 Å². The van der Waals surface area contributed by atoms with Crippen LogP contribution in [0.1, 0.15) is 40.2 Å². The average Bonchev–Trinajstić information content (AvgIpc) is 3.44. The van der Waals surface area contributed by atoms with Crippen LogP contribution < -0.4 is 4.74 Å². The van der Waals surface area contributed by atoms with Crippen molar-refractivity contribution in [1.29, 1.82) is 0 Å². The standard InChI is InChI=1S/C35H33F2N3O4/c1-21-5-14-27(18-28(21)34(41)42)44-35-38-30-19-29(36)31(32(37)33(30)39-35)25-12-10-23(11-13-25)22-6-8-24(9-7-22)26-4-3-15-40(20-26)16-17-43-2/h5-14,18-19,26H,3-4,15-17,20H2,1-2H3,(H,38,39)(H,41,42)/t26-/m0/s1. The number of halogens is 2. The van der Waals surface area contributed by atoms with Crippen molar-refractivity contribution in [2.75, 3.05) is 33.4 Å². The van der Waals surface area contributed by atoms with E-state index in [4.69, 9.17) is 9.47 Å². The first-order chi connectivity index (χ1) is 21.3. The van der Waals surface area contributed by atoms with Crippen molar-refractivity contribution >= 4 is 17.0 Å². The smallest absolute Gasteiger partial charge is 0.336 e. The number of piperidine rings is 1. The Hall–Kier alpha value is -4.60. The van der Waals surface area contributed by atoms with E-state index in [1.807, 2.05) is 12.1 Å². The van der Waals surface area contributed by atoms with E-state index in [1.165, 1.54) is 30.5 Å². The van der Waals surface area contributed by atoms with E-state index in [9.17, 15) is 9.90 Å². The van der Waals surface area contributed by atoms with Crippen molar-refractivity contribution in [2.45, 2.75) is 25.7 Å². The number of hydrogen-bond donors (Lipinski definition) is 2. The van der Waals surface area contributed by atoms with Crippen LogP contribution in [-0.2, 0) is 4.74 Å². The molecule has 1 aromatic heterocycles. The van der Waals surface area contributed by atoms with Crippen LogP contribution in [0, 0.1) is 18.6 Å². The van der Waals surface area contributed by atoms with E-state index in [0.29, 0.717) is 17.0 Å². The quantitative estimate of drug-likeness (QED) is 0.180. The molecule has 4 aromatic carbocycles. The molecule has 0 bridgehead atoms. The molecule has 1 aliphatic rings. The SMILES string of the molecule is COCCN1CCC[C@H](c2ccc(-c3ccc(-c4c(F)cc5[nH]c(Oc6ccc(C)c(C(=O)O)c6)nc5c4F)cc3)cc2)C1. The van der Waals surface area contributed by atoms with Crippen LogP contribution in [0.3, 0.4) is 0 Å². The van der Waals surface area contributed by atoms with E-state index in [0.717, 1.165) is 37.4 Å². The highest BCUT2D eigenvalue weighted by Crippen LogP contribution is 2.35. The van der Waals surface area contributed by atoms with E-state index >= 15 is 8.78 Å². The molecule has 0 amide bonds. The highest BCUT2D eigenvalue weighted by Gasteiger charge is 2.22. The normalized spacial score (nSPS) is 15.5. The number of aromatic nitrogens is 2. The molecule has 44 heavy (non-hydrogen) atoms. The number of H-pyrrole nitrogens is 1. The third-order valence-electron chi connectivity index (χ3n) is 8.31. The number of methoxy groups -OCH3 is 1. The molecule has 226 valence electrons. The lowest BCUT2D eigenvalue weighted by atomic mass is 9.89. The predicted octanol–water partition coefficient (Wildman–Crippen LogP) is 7.80. The molecule has 5 aromatic rings. The van der Waals surface area contributed by atoms with Crippen molar-refractivity contribution in [3.63, 3.8) is 0 Å². The Morgan fingerprint density at radius 3 is 2.43 bits per heavy atom. The molecule has 1 aliphatic heterocycles. The van der Waals surface area contributed by atoms with Crippen molar-refractivity contribution in [2.24, 2.45) is 0 Å². The van der Waals surface area contributed by atoms with Gasteiger partial charge >= 0.3 is 5.97 Å². The first-order valence-electron chi connectivity index (χ1n) is 14.6. The van der Waals surface area contributed by atoms with Gasteiger partial charge in [-0.25, -0.2) is 13.6 Å². The third-order valence-corrected chi connectivity index (χ3v) is 8.31. The summed E-state index contributed by atoms with van der Waals surface area (Å²) in [7, 11) is 1.73. The summed E-state index contributed by atoms with van der Waals surface area (Å²) >= 11 is 0. The zero-order valence-electron chi connectivity index (χ0n) is 24.6. The molecule has 1 saturated heterocycles. The van der Waals surface area contributed by atoms with Gasteiger partial charge in [0.05, 0.1) is 23.3 Å². The molecule has 0 unspecified atom stereocenters. The molecule has 0 aliphatic carbocycles. The van der Waals surface area contributed by atoms with Crippen molar-refractivity contribution in [1.82, 2.24) is 14.9 Å². The van der Waals surface area contributed by atoms with E-state index in [-0.39, 0.29) is 33.9 Å². The number of carboxylic acids is 1. The van der Waals surface area contributed by atoms with Crippen LogP contribution in [0.2, 0.25) is 0 Å². The van der Waals surface area contributed by atoms with Crippen LogP contribution in [-0.4, -0.2) is 59.3 Å². The Morgan fingerprint density at radius 2 is 1.73 bits per heavy atom. The number of nitrogens with one attached hydrogen (secondary N) is 1. The fourth-order valence-corrected chi connectivity index (χ4v) is 5.91. The van der Waals surface area contributed by atoms with Crippen LogP contribution in [0.4, 0.5) is 8.78 Å². The van der Waals surface area contributed by atoms with Crippen molar-refractivity contribution < 1.29 is 28.2 Å². The third kappa shape index (κ3) is 6.06. The Labute approximate surface area is 254 Å². The van der Waals surface area contributed by atoms with E-state index in [2.05, 4.69) is 39.1 Å². The number of benzene rings is 4. The van der Waals surface area contributed by atoms with Crippen LogP contribution >= 0.6 is 0 Å². The zero-order valence-corrected chi connectivity index (χ0v) is 24.6. The van der Waals surface area contributed by atoms with Crippen molar-refractivity contribution in [3.8, 4) is 34.0 Å². The highest BCUT2D eigenvalue weighted by molar-refractivity contribution is 5.90. The topological polar surface area (TPSA) is 87.7 Å². The number of nitrogens with zero attached hydrogens (tertiary/aromatic N) is 2. The van der Waals surface area contributed by atoms with Crippen LogP contribution in [0.25, 0.3) is 33.3 Å². The minimum absolute atomic E-state index is 0.0757. The second kappa shape index (κ2) is 12.6. The molecule has 0 radical (unpaired) electrons. The fraction of sp³-hybridized carbons (Fsp3) is 0.257. The lowest BCUT2D eigenvalue weighted by Gasteiger charge is -2.32. The zero-order chi connectivity index (χ0) is 30.8. The average molecular weight is 598 g/mol. The molecule has 6 rings (SSSR count). The molecule has 2 heterocycles. The summed E-state index contributed by atoms with van der Waals surface area (Å²) in [5.41, 5.74) is 4.18. The van der Waals surface area contributed by atoms with Gasteiger partial charge in [0.15, 0.2) is 5.82 Å². The number of fused-ring (bicyclic) bond motifs is 1. The molecular weight excluding hydrogens is 564 g/mol. The van der Waals surface area contributed by atoms with Crippen molar-refractivity contribution in [3.05, 3.63) is 101 Å². The lowest BCUT2D eigenvalue weighted by Crippen LogP contribution is -2.36. The number of ether oxygens (including phenoxy) is 2. The maximum Gasteiger partial charge on any atom is 0.336 e. The molecule has 0 spiro atoms. The number of hydrogen-bond acceptors (Lipinski definition) is 5. The number of aryl methyl sites for hydroxylation is 1. The van der Waals surface area contributed by atoms with Gasteiger partial charge in [-0.05, 0) is 72.2 Å². The van der Waals surface area contributed by atoms with Gasteiger partial charge in [-0.2, -0.15) is 4.98 Å². The second-order valence-electron chi connectivity index (χ2n) is 11.2. The summed E-state index contributed by atoms with van der Waals surface area (Å²) in [6, 6.07) is 21.3. The number of carboxylic acid groups (broad SMARTS) is 1. The van der Waals surface area contributed by atoms with Crippen LogP contribution in [0.15, 0.2) is 72.8 Å². The molecule has 9 heteroatoms. The first kappa shape index (κ1) is 29.5. The Kier molecular flexibility index (Phi) is 8.41. The molecular formula is C35H33F2N3O4. The number of rotatable bonds is 9. The summed E-state index contributed by atoms with van der Waals surface area (Å²) in [5.74, 6) is -1.95. The van der Waals surface area contributed by atoms with Gasteiger partial charge in [-0.15, -0.1) is 0 Å². The van der Waals surface area contributed by atoms with Gasteiger partial charge in [-0.3, -0.25) is 0 Å². The molecule has 2 N–H and O–H groups in total. The fourth-order valence-electron chi connectivity index (χ4n) is 5.91. The molecule has 1 fully saturated rings. The summed E-state index contributed by atoms with van der Waals surface area (Å²) in [5, 5.41) is 9.37. The molecule has 0 saturated carbocycles. The van der Waals surface area contributed by atoms with E-state index in [1.54, 1.807) is 38.3 Å². The van der Waals surface area contributed by atoms with Gasteiger partial charge < -0.3 is 24.5 Å². The minimum Gasteiger partial charge on any atom is -0.478 e. The summed E-state index contributed by atoms with van der Waals surface area (Å²) in [4.78, 5) is 20.9. The molecule has 7 nitrogen and oxygen atoms in total. The monoisotopic (exact) mass is 597 g/mol. The largest absolute Gasteiger partial charge is 0.478 e. The number of likely N-dealkylation sites (tertiary alicyclic amines) is 1. The maximum absolute atomic E-state index is 15.7. The first-order valence-corrected chi connectivity index (χ1v) is 14.6. The Balaban J connectivity index is 1.20. The Morgan fingerprint density at radius 1 is 1.02 bits per heavy atom. The number of imidazole rings is 1. The minimum atomic E-state index is -1.09. The van der Waals surface area contributed by atoms with Gasteiger partial charge in [0.2, 0.25) is 0 Å². The van der Waals surface area contributed by atoms with E-state index < -0.39 is 17.6 Å². The maximum atomic E-state index is 15.7. The van der Waals surface area contributed by atoms with Gasteiger partial charge in [-0.1, -0.05) is 54.6 Å². The van der Waals surface area contributed by atoms with Crippen LogP contribution in [0.5, 0.6) is 11.8 Å². The summed E-state index contributed by atoms with van der Waals surface area (Å²) in [6.07, 6.45) is 2.34. The molecule has 1 atom stereocenters. The second-order valence-corrected chi connectivity index (χ2v) is 11.2. The Bertz CT molecular complexity index is 1800. The number of aromatic amines is 1. The predicted molar refractivity (Wildman–Crippen MR) is 165 cm³/mol.